The van der Waals surface area contributed by atoms with Crippen molar-refractivity contribution < 1.29 is 23.1 Å². The number of pyridine rings is 1. The Morgan fingerprint density at radius 3 is 2.62 bits per heavy atom. The number of hydrogen-bond acceptors (Lipinski definition) is 6. The molecule has 1 saturated carbocycles. The van der Waals surface area contributed by atoms with Crippen molar-refractivity contribution >= 4 is 23.2 Å². The molecule has 1 amide bonds. The van der Waals surface area contributed by atoms with Crippen LogP contribution >= 0.6 is 11.6 Å². The molecular weight excluding hydrogens is 447 g/mol. The van der Waals surface area contributed by atoms with E-state index in [2.05, 4.69) is 21.0 Å². The maximum absolute atomic E-state index is 14.0. The molecule has 4 N–H and O–H groups in total. The monoisotopic (exact) mass is 475 g/mol. The van der Waals surface area contributed by atoms with Gasteiger partial charge in [-0.05, 0) is 57.6 Å². The van der Waals surface area contributed by atoms with E-state index in [4.69, 9.17) is 11.6 Å². The molecule has 1 aromatic rings. The highest BCUT2D eigenvalue weighted by Crippen LogP contribution is 2.32. The number of nitrogens with one attached hydrogen (secondary N) is 3. The zero-order valence-corrected chi connectivity index (χ0v) is 18.7. The molecule has 1 aliphatic heterocycles. The second-order valence-corrected chi connectivity index (χ2v) is 9.21. The molecule has 2 atom stereocenters. The molecule has 2 heterocycles. The van der Waals surface area contributed by atoms with Gasteiger partial charge < -0.3 is 15.7 Å². The van der Waals surface area contributed by atoms with Crippen LogP contribution in [0.2, 0.25) is 5.15 Å². The van der Waals surface area contributed by atoms with E-state index in [-0.39, 0.29) is 35.3 Å². The molecule has 1 fully saturated rings. The second kappa shape index (κ2) is 10.3. The Bertz CT molecular complexity index is 828. The zero-order valence-electron chi connectivity index (χ0n) is 18.0. The maximum atomic E-state index is 14.0. The van der Waals surface area contributed by atoms with E-state index in [9.17, 15) is 23.1 Å². The molecule has 1 unspecified atom stereocenters. The van der Waals surface area contributed by atoms with Crippen molar-refractivity contribution in [3.05, 3.63) is 35.3 Å². The van der Waals surface area contributed by atoms with E-state index in [0.29, 0.717) is 5.69 Å². The molecule has 7 nitrogen and oxygen atoms in total. The van der Waals surface area contributed by atoms with Crippen LogP contribution in [0.3, 0.4) is 0 Å². The van der Waals surface area contributed by atoms with Gasteiger partial charge in [-0.3, -0.25) is 9.80 Å². The van der Waals surface area contributed by atoms with Crippen LogP contribution in [0.15, 0.2) is 24.5 Å². The van der Waals surface area contributed by atoms with Crippen LogP contribution < -0.4 is 16.1 Å². The van der Waals surface area contributed by atoms with Gasteiger partial charge in [0.25, 0.3) is 5.91 Å². The molecule has 0 aromatic carbocycles. The quantitative estimate of drug-likeness (QED) is 0.340. The Kier molecular flexibility index (Phi) is 7.89. The molecule has 1 aliphatic carbocycles. The van der Waals surface area contributed by atoms with Crippen molar-refractivity contribution in [1.29, 1.82) is 0 Å². The molecule has 1 aromatic heterocycles. The summed E-state index contributed by atoms with van der Waals surface area (Å²) < 4.78 is 39.6. The standard InChI is InChI=1S/C21H29ClF3N5O2/c1-21(2,32)17(23)11-27-19(31)14-10-26-18(22)9-16(14)28-13-5-3-12(4-6-13)15-7-8-30(29-15)20(24)25/h7-10,12-13,15,17,20,29,32H,3-6,11H2,1-2H3,(H,26,28)(H,27,31)/t12?,13?,15?,17-/m1/s1. The summed E-state index contributed by atoms with van der Waals surface area (Å²) in [5, 5.41) is 16.5. The average Bonchev–Trinajstić information content (AvgIpc) is 3.22. The fourth-order valence-electron chi connectivity index (χ4n) is 3.93. The fourth-order valence-corrected chi connectivity index (χ4v) is 4.09. The molecule has 32 heavy (non-hydrogen) atoms. The number of aromatic nitrogens is 1. The fraction of sp³-hybridized carbons (Fsp3) is 0.619. The number of carbonyl (C=O) groups is 1. The van der Waals surface area contributed by atoms with E-state index in [1.807, 2.05) is 0 Å². The average molecular weight is 476 g/mol. The van der Waals surface area contributed by atoms with E-state index in [0.717, 1.165) is 30.7 Å². The second-order valence-electron chi connectivity index (χ2n) is 8.82. The summed E-state index contributed by atoms with van der Waals surface area (Å²) >= 11 is 6.02. The van der Waals surface area contributed by atoms with Crippen molar-refractivity contribution in [1.82, 2.24) is 20.7 Å². The molecular formula is C21H29ClF3N5O2. The van der Waals surface area contributed by atoms with Gasteiger partial charge in [-0.15, -0.1) is 0 Å². The first kappa shape index (κ1) is 24.6. The molecule has 0 bridgehead atoms. The van der Waals surface area contributed by atoms with Crippen LogP contribution in [-0.2, 0) is 0 Å². The largest absolute Gasteiger partial charge is 0.387 e. The van der Waals surface area contributed by atoms with Crippen LogP contribution in [0.1, 0.15) is 49.9 Å². The van der Waals surface area contributed by atoms with Crippen LogP contribution in [0.4, 0.5) is 18.9 Å². The van der Waals surface area contributed by atoms with Crippen LogP contribution in [0.25, 0.3) is 0 Å². The van der Waals surface area contributed by atoms with Crippen LogP contribution in [0, 0.1) is 5.92 Å². The van der Waals surface area contributed by atoms with Crippen molar-refractivity contribution in [3.8, 4) is 0 Å². The minimum absolute atomic E-state index is 0.0677. The molecule has 0 radical (unpaired) electrons. The third kappa shape index (κ3) is 6.26. The number of carbonyl (C=O) groups excluding carboxylic acids is 1. The van der Waals surface area contributed by atoms with Crippen molar-refractivity contribution in [2.75, 3.05) is 11.9 Å². The highest BCUT2D eigenvalue weighted by Gasteiger charge is 2.32. The summed E-state index contributed by atoms with van der Waals surface area (Å²) in [6.07, 6.45) is 6.07. The number of nitrogens with zero attached hydrogens (tertiary/aromatic N) is 2. The first-order valence-electron chi connectivity index (χ1n) is 10.6. The molecule has 11 heteroatoms. The Labute approximate surface area is 190 Å². The molecule has 2 aliphatic rings. The van der Waals surface area contributed by atoms with E-state index in [1.54, 1.807) is 12.1 Å². The Hall–Kier alpha value is -2.04. The summed E-state index contributed by atoms with van der Waals surface area (Å²) in [4.78, 5) is 16.6. The third-order valence-corrected chi connectivity index (χ3v) is 6.13. The number of anilines is 1. The lowest BCUT2D eigenvalue weighted by atomic mass is 9.81. The summed E-state index contributed by atoms with van der Waals surface area (Å²) in [5.41, 5.74) is 1.97. The SMILES string of the molecule is CC(C)(O)[C@H](F)CNC(=O)c1cnc(Cl)cc1NC1CCC(C2C=CN(C(F)F)N2)CC1. The third-order valence-electron chi connectivity index (χ3n) is 5.93. The minimum atomic E-state index is -2.58. The van der Waals surface area contributed by atoms with E-state index in [1.165, 1.54) is 26.2 Å². The van der Waals surface area contributed by atoms with Gasteiger partial charge in [0, 0.05) is 24.5 Å². The lowest BCUT2D eigenvalue weighted by Gasteiger charge is -2.33. The topological polar surface area (TPSA) is 89.5 Å². The molecule has 0 spiro atoms. The molecule has 178 valence electrons. The van der Waals surface area contributed by atoms with Gasteiger partial charge in [0.2, 0.25) is 0 Å². The van der Waals surface area contributed by atoms with Crippen molar-refractivity contribution in [2.24, 2.45) is 5.92 Å². The number of hydrazine groups is 1. The van der Waals surface area contributed by atoms with Crippen molar-refractivity contribution in [3.63, 3.8) is 0 Å². The Morgan fingerprint density at radius 1 is 1.34 bits per heavy atom. The molecule has 0 saturated heterocycles. The van der Waals surface area contributed by atoms with Crippen LogP contribution in [0.5, 0.6) is 0 Å². The maximum Gasteiger partial charge on any atom is 0.327 e. The Morgan fingerprint density at radius 2 is 2.03 bits per heavy atom. The number of alkyl halides is 3. The first-order valence-corrected chi connectivity index (χ1v) is 11.0. The highest BCUT2D eigenvalue weighted by molar-refractivity contribution is 6.29. The van der Waals surface area contributed by atoms with E-state index >= 15 is 0 Å². The van der Waals surface area contributed by atoms with Crippen molar-refractivity contribution in [2.45, 2.75) is 69.9 Å². The van der Waals surface area contributed by atoms with Gasteiger partial charge in [-0.2, -0.15) is 8.78 Å². The first-order chi connectivity index (χ1) is 15.0. The number of rotatable bonds is 8. The summed E-state index contributed by atoms with van der Waals surface area (Å²) in [6, 6.07) is 1.50. The highest BCUT2D eigenvalue weighted by atomic mass is 35.5. The normalized spacial score (nSPS) is 24.6. The number of hydrogen-bond donors (Lipinski definition) is 4. The summed E-state index contributed by atoms with van der Waals surface area (Å²) in [6.45, 7) is -0.253. The van der Waals surface area contributed by atoms with Gasteiger partial charge in [0.1, 0.15) is 11.3 Å². The number of amides is 1. The zero-order chi connectivity index (χ0) is 23.5. The lowest BCUT2D eigenvalue weighted by Crippen LogP contribution is -2.43. The number of halogens is 4. The summed E-state index contributed by atoms with van der Waals surface area (Å²) in [5.74, 6) is -0.287. The lowest BCUT2D eigenvalue weighted by molar-refractivity contribution is -0.0274. The van der Waals surface area contributed by atoms with Gasteiger partial charge in [0.15, 0.2) is 0 Å². The smallest absolute Gasteiger partial charge is 0.327 e. The van der Waals surface area contributed by atoms with Gasteiger partial charge >= 0.3 is 6.55 Å². The predicted molar refractivity (Wildman–Crippen MR) is 116 cm³/mol. The number of aliphatic hydroxyl groups is 1. The summed E-state index contributed by atoms with van der Waals surface area (Å²) in [7, 11) is 0. The van der Waals surface area contributed by atoms with Gasteiger partial charge in [-0.1, -0.05) is 11.6 Å². The predicted octanol–water partition coefficient (Wildman–Crippen LogP) is 3.47. The Balaban J connectivity index is 1.57. The van der Waals surface area contributed by atoms with Gasteiger partial charge in [0.05, 0.1) is 23.4 Å². The van der Waals surface area contributed by atoms with E-state index < -0.39 is 24.2 Å². The van der Waals surface area contributed by atoms with Gasteiger partial charge in [-0.25, -0.2) is 14.8 Å². The minimum Gasteiger partial charge on any atom is -0.387 e. The van der Waals surface area contributed by atoms with Crippen LogP contribution in [-0.4, -0.2) is 58.0 Å². The molecule has 3 rings (SSSR count).